The highest BCUT2D eigenvalue weighted by Gasteiger charge is 2.45. The summed E-state index contributed by atoms with van der Waals surface area (Å²) in [6, 6.07) is 8.32. The standard InChI is InChI=1S/C11H11BrN2O/c12-7-2-1-3-8(4-7)14-9-5-10(11(14)15)13-6-9/h1-4,9-10,13H,5-6H2. The van der Waals surface area contributed by atoms with E-state index < -0.39 is 0 Å². The highest BCUT2D eigenvalue weighted by atomic mass is 79.9. The van der Waals surface area contributed by atoms with Gasteiger partial charge >= 0.3 is 0 Å². The summed E-state index contributed by atoms with van der Waals surface area (Å²) in [6.07, 6.45) is 0.950. The largest absolute Gasteiger partial charge is 0.307 e. The van der Waals surface area contributed by atoms with Crippen LogP contribution in [0.4, 0.5) is 5.69 Å². The Hall–Kier alpha value is -0.870. The van der Waals surface area contributed by atoms with Crippen molar-refractivity contribution in [3.05, 3.63) is 28.7 Å². The van der Waals surface area contributed by atoms with E-state index in [0.29, 0.717) is 6.04 Å². The molecule has 2 atom stereocenters. The van der Waals surface area contributed by atoms with Gasteiger partial charge in [0.2, 0.25) is 5.91 Å². The molecule has 2 heterocycles. The molecular formula is C11H11BrN2O. The van der Waals surface area contributed by atoms with Gasteiger partial charge in [-0.15, -0.1) is 0 Å². The topological polar surface area (TPSA) is 32.3 Å². The van der Waals surface area contributed by atoms with Crippen LogP contribution < -0.4 is 10.2 Å². The molecule has 3 rings (SSSR count). The molecule has 15 heavy (non-hydrogen) atoms. The fourth-order valence-electron chi connectivity index (χ4n) is 2.41. The molecule has 1 N–H and O–H groups in total. The molecule has 1 amide bonds. The van der Waals surface area contributed by atoms with Crippen LogP contribution in [0.2, 0.25) is 0 Å². The minimum Gasteiger partial charge on any atom is -0.307 e. The number of rotatable bonds is 1. The lowest BCUT2D eigenvalue weighted by Crippen LogP contribution is -2.48. The Labute approximate surface area is 96.6 Å². The van der Waals surface area contributed by atoms with Gasteiger partial charge in [0.25, 0.3) is 0 Å². The van der Waals surface area contributed by atoms with Crippen LogP contribution in [0.15, 0.2) is 28.7 Å². The molecule has 78 valence electrons. The number of hydrogen-bond acceptors (Lipinski definition) is 2. The number of halogens is 1. The van der Waals surface area contributed by atoms with Gasteiger partial charge in [0.05, 0.1) is 12.1 Å². The molecule has 0 spiro atoms. The lowest BCUT2D eigenvalue weighted by Gasteiger charge is -2.27. The van der Waals surface area contributed by atoms with E-state index in [9.17, 15) is 4.79 Å². The summed E-state index contributed by atoms with van der Waals surface area (Å²) in [5.74, 6) is 0.212. The first-order chi connectivity index (χ1) is 7.25. The molecule has 2 aliphatic heterocycles. The van der Waals surface area contributed by atoms with E-state index in [2.05, 4.69) is 21.2 Å². The molecule has 2 saturated heterocycles. The first-order valence-corrected chi connectivity index (χ1v) is 5.87. The maximum absolute atomic E-state index is 11.9. The second kappa shape index (κ2) is 3.32. The van der Waals surface area contributed by atoms with Crippen LogP contribution >= 0.6 is 15.9 Å². The van der Waals surface area contributed by atoms with Crippen LogP contribution in [0.3, 0.4) is 0 Å². The third kappa shape index (κ3) is 1.40. The Bertz CT molecular complexity index is 421. The lowest BCUT2D eigenvalue weighted by molar-refractivity contribution is -0.119. The van der Waals surface area contributed by atoms with Crippen molar-refractivity contribution in [1.29, 1.82) is 0 Å². The lowest BCUT2D eigenvalue weighted by atomic mass is 10.2. The molecule has 1 aromatic rings. The molecule has 0 aliphatic carbocycles. The second-order valence-electron chi connectivity index (χ2n) is 4.04. The third-order valence-corrected chi connectivity index (χ3v) is 3.59. The van der Waals surface area contributed by atoms with Crippen LogP contribution in [0.5, 0.6) is 0 Å². The number of anilines is 1. The van der Waals surface area contributed by atoms with Crippen molar-refractivity contribution >= 4 is 27.5 Å². The highest BCUT2D eigenvalue weighted by molar-refractivity contribution is 9.10. The van der Waals surface area contributed by atoms with Crippen LogP contribution in [0.25, 0.3) is 0 Å². The van der Waals surface area contributed by atoms with Crippen molar-refractivity contribution in [2.75, 3.05) is 11.4 Å². The van der Waals surface area contributed by atoms with Crippen molar-refractivity contribution < 1.29 is 4.79 Å². The monoisotopic (exact) mass is 266 g/mol. The molecule has 0 aromatic heterocycles. The van der Waals surface area contributed by atoms with Gasteiger partial charge in [0.1, 0.15) is 0 Å². The molecule has 3 nitrogen and oxygen atoms in total. The van der Waals surface area contributed by atoms with Gasteiger partial charge in [-0.1, -0.05) is 22.0 Å². The summed E-state index contributed by atoms with van der Waals surface area (Å²) in [5, 5.41) is 3.22. The van der Waals surface area contributed by atoms with Crippen molar-refractivity contribution in [3.8, 4) is 0 Å². The van der Waals surface area contributed by atoms with E-state index in [0.717, 1.165) is 23.1 Å². The van der Waals surface area contributed by atoms with E-state index in [-0.39, 0.29) is 11.9 Å². The SMILES string of the molecule is O=C1C2CC(CN2)N1c1cccc(Br)c1. The molecule has 2 unspecified atom stereocenters. The number of benzene rings is 1. The number of carbonyl (C=O) groups excluding carboxylic acids is 1. The van der Waals surface area contributed by atoms with Gasteiger partial charge in [-0.05, 0) is 24.6 Å². The Morgan fingerprint density at radius 2 is 2.33 bits per heavy atom. The number of carbonyl (C=O) groups is 1. The first-order valence-electron chi connectivity index (χ1n) is 5.08. The molecule has 0 saturated carbocycles. The zero-order chi connectivity index (χ0) is 10.4. The van der Waals surface area contributed by atoms with Crippen molar-refractivity contribution in [2.24, 2.45) is 0 Å². The Morgan fingerprint density at radius 3 is 3.00 bits per heavy atom. The molecule has 2 fully saturated rings. The van der Waals surface area contributed by atoms with E-state index >= 15 is 0 Å². The molecule has 2 bridgehead atoms. The van der Waals surface area contributed by atoms with Gasteiger partial charge in [0.15, 0.2) is 0 Å². The number of nitrogens with zero attached hydrogens (tertiary/aromatic N) is 1. The number of amides is 1. The van der Waals surface area contributed by atoms with Crippen LogP contribution in [-0.2, 0) is 4.79 Å². The fraction of sp³-hybridized carbons (Fsp3) is 0.364. The average molecular weight is 267 g/mol. The van der Waals surface area contributed by atoms with Gasteiger partial charge < -0.3 is 10.2 Å². The maximum Gasteiger partial charge on any atom is 0.244 e. The normalized spacial score (nSPS) is 28.9. The zero-order valence-electron chi connectivity index (χ0n) is 8.11. The Balaban J connectivity index is 1.98. The maximum atomic E-state index is 11.9. The number of fused-ring (bicyclic) bond motifs is 2. The highest BCUT2D eigenvalue weighted by Crippen LogP contribution is 2.31. The molecule has 0 radical (unpaired) electrons. The van der Waals surface area contributed by atoms with Gasteiger partial charge in [-0.3, -0.25) is 4.79 Å². The van der Waals surface area contributed by atoms with Crippen LogP contribution in [-0.4, -0.2) is 24.5 Å². The summed E-state index contributed by atoms with van der Waals surface area (Å²) in [7, 11) is 0. The fourth-order valence-corrected chi connectivity index (χ4v) is 2.80. The smallest absolute Gasteiger partial charge is 0.244 e. The minimum absolute atomic E-state index is 0.0500. The predicted octanol–water partition coefficient (Wildman–Crippen LogP) is 1.53. The van der Waals surface area contributed by atoms with E-state index in [1.807, 2.05) is 29.2 Å². The van der Waals surface area contributed by atoms with E-state index in [4.69, 9.17) is 0 Å². The second-order valence-corrected chi connectivity index (χ2v) is 4.95. The zero-order valence-corrected chi connectivity index (χ0v) is 9.70. The van der Waals surface area contributed by atoms with Crippen LogP contribution in [0, 0.1) is 0 Å². The number of piperazine rings is 1. The quantitative estimate of drug-likeness (QED) is 0.836. The predicted molar refractivity (Wildman–Crippen MR) is 61.8 cm³/mol. The van der Waals surface area contributed by atoms with Crippen molar-refractivity contribution in [3.63, 3.8) is 0 Å². The Kier molecular flexibility index (Phi) is 2.07. The van der Waals surface area contributed by atoms with Crippen molar-refractivity contribution in [1.82, 2.24) is 5.32 Å². The van der Waals surface area contributed by atoms with Gasteiger partial charge in [-0.2, -0.15) is 0 Å². The Morgan fingerprint density at radius 1 is 1.47 bits per heavy atom. The van der Waals surface area contributed by atoms with E-state index in [1.165, 1.54) is 0 Å². The van der Waals surface area contributed by atoms with E-state index in [1.54, 1.807) is 0 Å². The third-order valence-electron chi connectivity index (χ3n) is 3.09. The summed E-state index contributed by atoms with van der Waals surface area (Å²) >= 11 is 3.43. The summed E-state index contributed by atoms with van der Waals surface area (Å²) in [5.41, 5.74) is 1.00. The number of nitrogens with one attached hydrogen (secondary N) is 1. The summed E-state index contributed by atoms with van der Waals surface area (Å²) < 4.78 is 1.02. The molecular weight excluding hydrogens is 256 g/mol. The summed E-state index contributed by atoms with van der Waals surface area (Å²) in [6.45, 7) is 0.920. The number of hydrogen-bond donors (Lipinski definition) is 1. The van der Waals surface area contributed by atoms with Gasteiger partial charge in [-0.25, -0.2) is 0 Å². The summed E-state index contributed by atoms with van der Waals surface area (Å²) in [4.78, 5) is 13.8. The molecule has 4 heteroatoms. The van der Waals surface area contributed by atoms with Crippen molar-refractivity contribution in [2.45, 2.75) is 18.5 Å². The van der Waals surface area contributed by atoms with Crippen LogP contribution in [0.1, 0.15) is 6.42 Å². The minimum atomic E-state index is 0.0500. The average Bonchev–Trinajstić information content (AvgIpc) is 2.77. The van der Waals surface area contributed by atoms with Gasteiger partial charge in [0, 0.05) is 16.7 Å². The molecule has 1 aromatic carbocycles. The molecule has 2 aliphatic rings. The first kappa shape index (κ1) is 9.36.